The maximum absolute atomic E-state index is 9.12. The van der Waals surface area contributed by atoms with Crippen LogP contribution in [0.4, 0.5) is 5.82 Å². The van der Waals surface area contributed by atoms with Crippen LogP contribution in [0, 0.1) is 13.8 Å². The van der Waals surface area contributed by atoms with E-state index < -0.39 is 0 Å². The van der Waals surface area contributed by atoms with Gasteiger partial charge >= 0.3 is 0 Å². The Morgan fingerprint density at radius 2 is 2.25 bits per heavy atom. The molecular weight excluding hydrogens is 304 g/mol. The molecule has 0 saturated carbocycles. The SMILES string of the molecule is Cc1nn(CCO)c(C)c1CNC1CCCN(c2cccnn2)C1. The Kier molecular flexibility index (Phi) is 5.42. The highest BCUT2D eigenvalue weighted by atomic mass is 16.3. The Hall–Kier alpha value is -1.99. The first-order chi connectivity index (χ1) is 11.7. The Balaban J connectivity index is 1.61. The second-order valence-electron chi connectivity index (χ2n) is 6.34. The maximum atomic E-state index is 9.12. The van der Waals surface area contributed by atoms with E-state index in [1.54, 1.807) is 6.20 Å². The van der Waals surface area contributed by atoms with Crippen LogP contribution in [-0.4, -0.2) is 50.8 Å². The molecule has 1 aliphatic heterocycles. The number of hydrogen-bond acceptors (Lipinski definition) is 6. The number of hydrogen-bond donors (Lipinski definition) is 2. The molecule has 2 aromatic rings. The average molecular weight is 330 g/mol. The monoisotopic (exact) mass is 330 g/mol. The van der Waals surface area contributed by atoms with Crippen molar-refractivity contribution in [2.75, 3.05) is 24.6 Å². The fraction of sp³-hybridized carbons (Fsp3) is 0.588. The lowest BCUT2D eigenvalue weighted by atomic mass is 10.0. The lowest BCUT2D eigenvalue weighted by Crippen LogP contribution is -2.46. The molecule has 0 aromatic carbocycles. The van der Waals surface area contributed by atoms with Crippen molar-refractivity contribution in [2.45, 2.75) is 45.8 Å². The summed E-state index contributed by atoms with van der Waals surface area (Å²) in [5, 5.41) is 25.5. The third-order valence-corrected chi connectivity index (χ3v) is 4.71. The van der Waals surface area contributed by atoms with Crippen molar-refractivity contribution >= 4 is 5.82 Å². The van der Waals surface area contributed by atoms with Gasteiger partial charge in [-0.25, -0.2) is 0 Å². The minimum atomic E-state index is 0.116. The highest BCUT2D eigenvalue weighted by Gasteiger charge is 2.21. The quantitative estimate of drug-likeness (QED) is 0.824. The van der Waals surface area contributed by atoms with Crippen LogP contribution in [0.1, 0.15) is 29.8 Å². The van der Waals surface area contributed by atoms with Crippen LogP contribution in [0.15, 0.2) is 18.3 Å². The van der Waals surface area contributed by atoms with Gasteiger partial charge in [-0.05, 0) is 38.8 Å². The van der Waals surface area contributed by atoms with E-state index in [0.29, 0.717) is 12.6 Å². The van der Waals surface area contributed by atoms with Crippen LogP contribution in [0.3, 0.4) is 0 Å². The first-order valence-electron chi connectivity index (χ1n) is 8.59. The molecule has 0 bridgehead atoms. The average Bonchev–Trinajstić information content (AvgIpc) is 2.88. The van der Waals surface area contributed by atoms with E-state index in [9.17, 15) is 0 Å². The van der Waals surface area contributed by atoms with Crippen LogP contribution in [0.2, 0.25) is 0 Å². The molecule has 130 valence electrons. The van der Waals surface area contributed by atoms with Crippen molar-refractivity contribution in [2.24, 2.45) is 0 Å². The number of aromatic nitrogens is 4. The predicted octanol–water partition coefficient (Wildman–Crippen LogP) is 1.04. The molecule has 3 rings (SSSR count). The summed E-state index contributed by atoms with van der Waals surface area (Å²) in [6.07, 6.45) is 4.02. The van der Waals surface area contributed by atoms with Gasteiger partial charge in [0.2, 0.25) is 0 Å². The molecule has 7 heteroatoms. The number of piperidine rings is 1. The van der Waals surface area contributed by atoms with Gasteiger partial charge in [0.1, 0.15) is 0 Å². The molecule has 24 heavy (non-hydrogen) atoms. The third kappa shape index (κ3) is 3.73. The molecule has 1 unspecified atom stereocenters. The van der Waals surface area contributed by atoms with Crippen molar-refractivity contribution in [1.29, 1.82) is 0 Å². The molecule has 1 saturated heterocycles. The number of aliphatic hydroxyl groups is 1. The molecule has 2 N–H and O–H groups in total. The van der Waals surface area contributed by atoms with E-state index >= 15 is 0 Å². The van der Waals surface area contributed by atoms with Crippen LogP contribution in [-0.2, 0) is 13.1 Å². The van der Waals surface area contributed by atoms with Gasteiger partial charge in [-0.15, -0.1) is 5.10 Å². The molecule has 1 aliphatic rings. The van der Waals surface area contributed by atoms with E-state index in [0.717, 1.165) is 43.3 Å². The van der Waals surface area contributed by atoms with Gasteiger partial charge < -0.3 is 15.3 Å². The fourth-order valence-electron chi connectivity index (χ4n) is 3.36. The summed E-state index contributed by atoms with van der Waals surface area (Å²) < 4.78 is 1.89. The van der Waals surface area contributed by atoms with Crippen molar-refractivity contribution in [3.8, 4) is 0 Å². The van der Waals surface area contributed by atoms with E-state index in [4.69, 9.17) is 5.11 Å². The number of nitrogens with zero attached hydrogens (tertiary/aromatic N) is 5. The smallest absolute Gasteiger partial charge is 0.151 e. The Morgan fingerprint density at radius 1 is 1.38 bits per heavy atom. The van der Waals surface area contributed by atoms with Gasteiger partial charge in [0.25, 0.3) is 0 Å². The number of aliphatic hydroxyl groups excluding tert-OH is 1. The lowest BCUT2D eigenvalue weighted by Gasteiger charge is -2.33. The van der Waals surface area contributed by atoms with Crippen LogP contribution >= 0.6 is 0 Å². The zero-order valence-electron chi connectivity index (χ0n) is 14.4. The van der Waals surface area contributed by atoms with Gasteiger partial charge in [0.05, 0.1) is 18.8 Å². The molecule has 0 radical (unpaired) electrons. The van der Waals surface area contributed by atoms with Crippen molar-refractivity contribution < 1.29 is 5.11 Å². The normalized spacial score (nSPS) is 18.1. The molecule has 3 heterocycles. The van der Waals surface area contributed by atoms with Crippen molar-refractivity contribution in [3.63, 3.8) is 0 Å². The molecule has 0 spiro atoms. The van der Waals surface area contributed by atoms with E-state index in [1.807, 2.05) is 23.7 Å². The number of nitrogens with one attached hydrogen (secondary N) is 1. The highest BCUT2D eigenvalue weighted by Crippen LogP contribution is 2.18. The fourth-order valence-corrected chi connectivity index (χ4v) is 3.36. The van der Waals surface area contributed by atoms with Gasteiger partial charge in [0, 0.05) is 43.1 Å². The molecule has 1 fully saturated rings. The summed E-state index contributed by atoms with van der Waals surface area (Å²) in [5.41, 5.74) is 3.41. The van der Waals surface area contributed by atoms with E-state index in [-0.39, 0.29) is 6.61 Å². The number of aryl methyl sites for hydroxylation is 1. The summed E-state index contributed by atoms with van der Waals surface area (Å²) in [7, 11) is 0. The molecule has 1 atom stereocenters. The number of anilines is 1. The molecule has 2 aromatic heterocycles. The largest absolute Gasteiger partial charge is 0.394 e. The molecule has 0 aliphatic carbocycles. The summed E-state index contributed by atoms with van der Waals surface area (Å²) in [4.78, 5) is 2.29. The first kappa shape index (κ1) is 16.9. The van der Waals surface area contributed by atoms with Gasteiger partial charge in [-0.3, -0.25) is 4.68 Å². The zero-order valence-corrected chi connectivity index (χ0v) is 14.4. The summed E-state index contributed by atoms with van der Waals surface area (Å²) in [6, 6.07) is 4.38. The van der Waals surface area contributed by atoms with Crippen LogP contribution in [0.5, 0.6) is 0 Å². The zero-order chi connectivity index (χ0) is 16.9. The van der Waals surface area contributed by atoms with E-state index in [1.165, 1.54) is 12.0 Å². The van der Waals surface area contributed by atoms with Gasteiger partial charge in [0.15, 0.2) is 5.82 Å². The Morgan fingerprint density at radius 3 is 3.00 bits per heavy atom. The highest BCUT2D eigenvalue weighted by molar-refractivity contribution is 5.37. The minimum absolute atomic E-state index is 0.116. The van der Waals surface area contributed by atoms with Crippen molar-refractivity contribution in [1.82, 2.24) is 25.3 Å². The number of rotatable bonds is 6. The Bertz CT molecular complexity index is 657. The van der Waals surface area contributed by atoms with Crippen LogP contribution in [0.25, 0.3) is 0 Å². The summed E-state index contributed by atoms with van der Waals surface area (Å²) in [6.45, 7) is 7.55. The second-order valence-corrected chi connectivity index (χ2v) is 6.34. The molecule has 7 nitrogen and oxygen atoms in total. The molecule has 0 amide bonds. The van der Waals surface area contributed by atoms with Crippen molar-refractivity contribution in [3.05, 3.63) is 35.3 Å². The lowest BCUT2D eigenvalue weighted by molar-refractivity contribution is 0.267. The minimum Gasteiger partial charge on any atom is -0.394 e. The third-order valence-electron chi connectivity index (χ3n) is 4.71. The maximum Gasteiger partial charge on any atom is 0.151 e. The molecular formula is C17H26N6O. The first-order valence-corrected chi connectivity index (χ1v) is 8.59. The Labute approximate surface area is 142 Å². The van der Waals surface area contributed by atoms with Crippen LogP contribution < -0.4 is 10.2 Å². The summed E-state index contributed by atoms with van der Waals surface area (Å²) >= 11 is 0. The van der Waals surface area contributed by atoms with Gasteiger partial charge in [-0.1, -0.05) is 0 Å². The van der Waals surface area contributed by atoms with E-state index in [2.05, 4.69) is 32.4 Å². The van der Waals surface area contributed by atoms with Gasteiger partial charge in [-0.2, -0.15) is 10.2 Å². The topological polar surface area (TPSA) is 79.1 Å². The standard InChI is InChI=1S/C17H26N6O/c1-13-16(14(2)23(21-13)9-10-24)11-18-15-5-4-8-22(12-15)17-6-3-7-19-20-17/h3,6-7,15,18,24H,4-5,8-12H2,1-2H3. The summed E-state index contributed by atoms with van der Waals surface area (Å²) in [5.74, 6) is 0.951. The predicted molar refractivity (Wildman–Crippen MR) is 92.9 cm³/mol. The second kappa shape index (κ2) is 7.72.